The van der Waals surface area contributed by atoms with Gasteiger partial charge < -0.3 is 14.4 Å². The molecular formula is C16H23N3O2. The van der Waals surface area contributed by atoms with Crippen molar-refractivity contribution >= 4 is 5.82 Å². The topological polar surface area (TPSA) is 37.8 Å². The number of ether oxygens (including phenoxy) is 2. The monoisotopic (exact) mass is 289 g/mol. The standard InChI is InChI=1S/C16H23N3O2/c1-11(2)18-3-4-19-14(7-18)10-21-15-5-12(6-17-16(15)19)13-8-20-9-13/h5-6,11,13-14H,3-4,7-10H2,1-2H3. The van der Waals surface area contributed by atoms with E-state index in [0.717, 1.165) is 51.0 Å². The number of aromatic nitrogens is 1. The number of piperazine rings is 1. The molecule has 0 spiro atoms. The van der Waals surface area contributed by atoms with Crippen LogP contribution in [0.4, 0.5) is 5.82 Å². The van der Waals surface area contributed by atoms with E-state index in [1.165, 1.54) is 5.56 Å². The minimum atomic E-state index is 0.430. The number of rotatable bonds is 2. The fourth-order valence-corrected chi connectivity index (χ4v) is 3.38. The molecule has 0 aliphatic carbocycles. The van der Waals surface area contributed by atoms with E-state index < -0.39 is 0 Å². The summed E-state index contributed by atoms with van der Waals surface area (Å²) in [5, 5.41) is 0. The third-order valence-corrected chi connectivity index (χ3v) is 4.91. The van der Waals surface area contributed by atoms with Gasteiger partial charge in [-0.25, -0.2) is 4.98 Å². The van der Waals surface area contributed by atoms with Crippen molar-refractivity contribution in [3.8, 4) is 5.75 Å². The first-order valence-corrected chi connectivity index (χ1v) is 7.93. The Bertz CT molecular complexity index is 530. The maximum Gasteiger partial charge on any atom is 0.171 e. The number of pyridine rings is 1. The van der Waals surface area contributed by atoms with Crippen LogP contribution < -0.4 is 9.64 Å². The Labute approximate surface area is 125 Å². The molecule has 114 valence electrons. The first-order chi connectivity index (χ1) is 10.2. The molecule has 5 nitrogen and oxygen atoms in total. The van der Waals surface area contributed by atoms with Crippen LogP contribution in [0.5, 0.6) is 5.75 Å². The van der Waals surface area contributed by atoms with Gasteiger partial charge in [-0.3, -0.25) is 4.90 Å². The van der Waals surface area contributed by atoms with E-state index in [0.29, 0.717) is 18.0 Å². The van der Waals surface area contributed by atoms with Crippen LogP contribution in [0, 0.1) is 0 Å². The lowest BCUT2D eigenvalue weighted by atomic mass is 9.99. The summed E-state index contributed by atoms with van der Waals surface area (Å²) in [5.41, 5.74) is 1.25. The first-order valence-electron chi connectivity index (χ1n) is 7.93. The van der Waals surface area contributed by atoms with Crippen LogP contribution in [0.1, 0.15) is 25.3 Å². The molecule has 2 saturated heterocycles. The molecule has 0 amide bonds. The van der Waals surface area contributed by atoms with Gasteiger partial charge in [0.2, 0.25) is 0 Å². The SMILES string of the molecule is CC(C)N1CCN2c3ncc(C4COC4)cc3OCC2C1. The second-order valence-corrected chi connectivity index (χ2v) is 6.57. The van der Waals surface area contributed by atoms with Crippen molar-refractivity contribution in [3.63, 3.8) is 0 Å². The van der Waals surface area contributed by atoms with Gasteiger partial charge in [-0.2, -0.15) is 0 Å². The van der Waals surface area contributed by atoms with Crippen LogP contribution in [-0.2, 0) is 4.74 Å². The van der Waals surface area contributed by atoms with Crippen molar-refractivity contribution in [2.24, 2.45) is 0 Å². The molecule has 5 heteroatoms. The van der Waals surface area contributed by atoms with Crippen molar-refractivity contribution in [1.82, 2.24) is 9.88 Å². The van der Waals surface area contributed by atoms with E-state index in [1.807, 2.05) is 6.20 Å². The predicted octanol–water partition coefficient (Wildman–Crippen LogP) is 1.49. The molecule has 0 bridgehead atoms. The normalized spacial score (nSPS) is 26.0. The van der Waals surface area contributed by atoms with Crippen LogP contribution in [0.25, 0.3) is 0 Å². The maximum atomic E-state index is 6.01. The number of fused-ring (bicyclic) bond motifs is 3. The van der Waals surface area contributed by atoms with E-state index >= 15 is 0 Å². The van der Waals surface area contributed by atoms with Crippen molar-refractivity contribution < 1.29 is 9.47 Å². The second kappa shape index (κ2) is 5.14. The van der Waals surface area contributed by atoms with E-state index in [2.05, 4.69) is 29.7 Å². The lowest BCUT2D eigenvalue weighted by molar-refractivity contribution is 0.00816. The fourth-order valence-electron chi connectivity index (χ4n) is 3.38. The average molecular weight is 289 g/mol. The Morgan fingerprint density at radius 1 is 1.24 bits per heavy atom. The fraction of sp³-hybridized carbons (Fsp3) is 0.688. The van der Waals surface area contributed by atoms with Crippen LogP contribution >= 0.6 is 0 Å². The summed E-state index contributed by atoms with van der Waals surface area (Å²) in [6.07, 6.45) is 2.01. The molecule has 1 unspecified atom stereocenters. The van der Waals surface area contributed by atoms with Crippen molar-refractivity contribution in [2.45, 2.75) is 31.8 Å². The number of nitrogens with zero attached hydrogens (tertiary/aromatic N) is 3. The van der Waals surface area contributed by atoms with Gasteiger partial charge in [0.25, 0.3) is 0 Å². The molecule has 4 rings (SSSR count). The largest absolute Gasteiger partial charge is 0.487 e. The van der Waals surface area contributed by atoms with E-state index in [-0.39, 0.29) is 0 Å². The Morgan fingerprint density at radius 2 is 2.10 bits per heavy atom. The highest BCUT2D eigenvalue weighted by Crippen LogP contribution is 2.36. The summed E-state index contributed by atoms with van der Waals surface area (Å²) in [4.78, 5) is 9.66. The number of anilines is 1. The molecule has 2 fully saturated rings. The van der Waals surface area contributed by atoms with Gasteiger partial charge in [0.1, 0.15) is 6.61 Å². The van der Waals surface area contributed by atoms with Gasteiger partial charge >= 0.3 is 0 Å². The maximum absolute atomic E-state index is 6.01. The second-order valence-electron chi connectivity index (χ2n) is 6.57. The minimum absolute atomic E-state index is 0.430. The molecule has 1 aromatic heterocycles. The molecule has 0 radical (unpaired) electrons. The zero-order chi connectivity index (χ0) is 14.4. The summed E-state index contributed by atoms with van der Waals surface area (Å²) in [6.45, 7) is 10.1. The zero-order valence-corrected chi connectivity index (χ0v) is 12.8. The summed E-state index contributed by atoms with van der Waals surface area (Å²) in [7, 11) is 0. The highest BCUT2D eigenvalue weighted by atomic mass is 16.5. The third-order valence-electron chi connectivity index (χ3n) is 4.91. The number of hydrogen-bond donors (Lipinski definition) is 0. The van der Waals surface area contributed by atoms with Gasteiger partial charge in [0.15, 0.2) is 11.6 Å². The van der Waals surface area contributed by atoms with Crippen LogP contribution in [0.3, 0.4) is 0 Å². The van der Waals surface area contributed by atoms with Crippen LogP contribution in [-0.4, -0.2) is 61.4 Å². The van der Waals surface area contributed by atoms with Crippen LogP contribution in [0.2, 0.25) is 0 Å². The Kier molecular flexibility index (Phi) is 3.27. The predicted molar refractivity (Wildman–Crippen MR) is 81.1 cm³/mol. The molecule has 0 aromatic carbocycles. The number of hydrogen-bond acceptors (Lipinski definition) is 5. The molecule has 0 N–H and O–H groups in total. The van der Waals surface area contributed by atoms with E-state index in [9.17, 15) is 0 Å². The highest BCUT2D eigenvalue weighted by molar-refractivity contribution is 5.57. The molecule has 3 aliphatic rings. The first kappa shape index (κ1) is 13.3. The third kappa shape index (κ3) is 2.28. The van der Waals surface area contributed by atoms with Crippen molar-refractivity contribution in [1.29, 1.82) is 0 Å². The van der Waals surface area contributed by atoms with Crippen molar-refractivity contribution in [2.75, 3.05) is 44.4 Å². The molecule has 1 aromatic rings. The van der Waals surface area contributed by atoms with Gasteiger partial charge in [-0.05, 0) is 25.5 Å². The summed E-state index contributed by atoms with van der Waals surface area (Å²) >= 11 is 0. The average Bonchev–Trinajstić information content (AvgIpc) is 2.44. The molecule has 4 heterocycles. The smallest absolute Gasteiger partial charge is 0.171 e. The lowest BCUT2D eigenvalue weighted by Gasteiger charge is -2.46. The van der Waals surface area contributed by atoms with Gasteiger partial charge in [0, 0.05) is 37.8 Å². The van der Waals surface area contributed by atoms with E-state index in [1.54, 1.807) is 0 Å². The highest BCUT2D eigenvalue weighted by Gasteiger charge is 2.35. The molecular weight excluding hydrogens is 266 g/mol. The van der Waals surface area contributed by atoms with Gasteiger partial charge in [-0.1, -0.05) is 0 Å². The van der Waals surface area contributed by atoms with E-state index in [4.69, 9.17) is 14.5 Å². The molecule has 3 aliphatic heterocycles. The minimum Gasteiger partial charge on any atom is -0.487 e. The van der Waals surface area contributed by atoms with Crippen molar-refractivity contribution in [3.05, 3.63) is 17.8 Å². The van der Waals surface area contributed by atoms with Gasteiger partial charge in [0.05, 0.1) is 19.3 Å². The summed E-state index contributed by atoms with van der Waals surface area (Å²) in [6, 6.07) is 3.20. The lowest BCUT2D eigenvalue weighted by Crippen LogP contribution is -2.58. The Morgan fingerprint density at radius 3 is 2.81 bits per heavy atom. The molecule has 21 heavy (non-hydrogen) atoms. The Balaban J connectivity index is 1.56. The summed E-state index contributed by atoms with van der Waals surface area (Å²) in [5.74, 6) is 2.48. The molecule has 0 saturated carbocycles. The molecule has 1 atom stereocenters. The van der Waals surface area contributed by atoms with Gasteiger partial charge in [-0.15, -0.1) is 0 Å². The zero-order valence-electron chi connectivity index (χ0n) is 12.8. The Hall–Kier alpha value is -1.33. The quantitative estimate of drug-likeness (QED) is 0.824. The van der Waals surface area contributed by atoms with Crippen LogP contribution in [0.15, 0.2) is 12.3 Å². The summed E-state index contributed by atoms with van der Waals surface area (Å²) < 4.78 is 11.3.